The van der Waals surface area contributed by atoms with Crippen LogP contribution in [-0.2, 0) is 0 Å². The Hall–Kier alpha value is -6.65. The minimum absolute atomic E-state index is 0.191. The van der Waals surface area contributed by atoms with Crippen LogP contribution in [0.15, 0.2) is 192 Å². The molecule has 0 bridgehead atoms. The third-order valence-corrected chi connectivity index (χ3v) is 10.3. The van der Waals surface area contributed by atoms with Gasteiger partial charge in [-0.2, -0.15) is 0 Å². The van der Waals surface area contributed by atoms with E-state index >= 15 is 0 Å². The van der Waals surface area contributed by atoms with E-state index in [1.165, 1.54) is 11.1 Å². The number of aromatic nitrogens is 3. The fraction of sp³-hybridized carbons (Fsp3) is 0.151. The molecule has 0 saturated carbocycles. The van der Waals surface area contributed by atoms with Crippen molar-refractivity contribution in [3.05, 3.63) is 199 Å². The molecule has 0 fully saturated rings. The van der Waals surface area contributed by atoms with Crippen LogP contribution in [0.4, 0.5) is 0 Å². The van der Waals surface area contributed by atoms with Crippen molar-refractivity contribution in [2.75, 3.05) is 0 Å². The van der Waals surface area contributed by atoms with Gasteiger partial charge in [-0.15, -0.1) is 0 Å². The molecule has 1 unspecified atom stereocenters. The van der Waals surface area contributed by atoms with Gasteiger partial charge in [0.15, 0.2) is 17.5 Å². The van der Waals surface area contributed by atoms with Crippen LogP contribution in [0.2, 0.25) is 0 Å². The number of nitrogens with zero attached hydrogens (tertiary/aromatic N) is 3. The molecule has 7 rings (SSSR count). The third-order valence-electron chi connectivity index (χ3n) is 10.3. The molecular formula is C53H49N3O. The molecule has 0 aliphatic heterocycles. The highest BCUT2D eigenvalue weighted by atomic mass is 16.3. The monoisotopic (exact) mass is 743 g/mol. The van der Waals surface area contributed by atoms with E-state index in [9.17, 15) is 0 Å². The molecule has 0 saturated heterocycles. The van der Waals surface area contributed by atoms with E-state index in [1.807, 2.05) is 92.8 Å². The number of rotatable bonds is 12. The van der Waals surface area contributed by atoms with Crippen molar-refractivity contribution in [3.63, 3.8) is 0 Å². The Morgan fingerprint density at radius 1 is 0.632 bits per heavy atom. The van der Waals surface area contributed by atoms with Gasteiger partial charge in [-0.3, -0.25) is 0 Å². The second kappa shape index (κ2) is 18.3. The van der Waals surface area contributed by atoms with Crippen molar-refractivity contribution in [1.82, 2.24) is 15.0 Å². The van der Waals surface area contributed by atoms with Gasteiger partial charge < -0.3 is 4.42 Å². The summed E-state index contributed by atoms with van der Waals surface area (Å²) >= 11 is 0. The number of furan rings is 1. The second-order valence-electron chi connectivity index (χ2n) is 14.6. The van der Waals surface area contributed by atoms with Crippen LogP contribution in [0.25, 0.3) is 67.8 Å². The average Bonchev–Trinajstić information content (AvgIpc) is 3.62. The highest BCUT2D eigenvalue weighted by Gasteiger charge is 2.24. The Labute approximate surface area is 337 Å². The van der Waals surface area contributed by atoms with Crippen LogP contribution in [0, 0.1) is 5.41 Å². The molecule has 4 aromatic carbocycles. The SMILES string of the molecule is C/C=C\C=C/C=C/C(/C=C\C)=C/C=C/c1ccc2c(c1)oc1cccc(-c3nc(-c4ccccc4)nc(-c4ccc(C5=CCC(C)(/C=C\C=C/C)CC5)cc4)n3)c12. The lowest BCUT2D eigenvalue weighted by atomic mass is 9.75. The summed E-state index contributed by atoms with van der Waals surface area (Å²) in [5.74, 6) is 1.87. The van der Waals surface area contributed by atoms with Crippen LogP contribution >= 0.6 is 0 Å². The summed E-state index contributed by atoms with van der Waals surface area (Å²) in [4.78, 5) is 15.2. The quantitative estimate of drug-likeness (QED) is 0.117. The summed E-state index contributed by atoms with van der Waals surface area (Å²) in [5.41, 5.74) is 9.38. The lowest BCUT2D eigenvalue weighted by Crippen LogP contribution is -2.16. The van der Waals surface area contributed by atoms with E-state index in [-0.39, 0.29) is 5.41 Å². The standard InChI is InChI=1S/C53H49N3O/c1-5-8-10-11-13-20-39(19-7-3)21-17-22-40-27-32-45-48(38-40)57-47-26-18-25-46(49(45)47)52-55-50(43-23-14-12-15-24-43)54-51(56-52)44-30-28-41(29-31-44)42-33-36-53(4,37-34-42)35-16-9-6-2/h5-33,35,38H,34,36-37H2,1-4H3/b8-5-,9-6-,11-10-,19-7-,20-13+,22-17+,35-16-,39-21+. The number of allylic oxidation sites excluding steroid dienone is 17. The Kier molecular flexibility index (Phi) is 12.4. The molecule has 282 valence electrons. The highest BCUT2D eigenvalue weighted by molar-refractivity contribution is 6.12. The lowest BCUT2D eigenvalue weighted by molar-refractivity contribution is 0.391. The summed E-state index contributed by atoms with van der Waals surface area (Å²) < 4.78 is 6.48. The fourth-order valence-corrected chi connectivity index (χ4v) is 7.14. The van der Waals surface area contributed by atoms with Crippen LogP contribution < -0.4 is 0 Å². The molecule has 1 atom stereocenters. The first-order valence-corrected chi connectivity index (χ1v) is 19.8. The van der Waals surface area contributed by atoms with Crippen molar-refractivity contribution in [1.29, 1.82) is 0 Å². The number of hydrogen-bond donors (Lipinski definition) is 0. The predicted molar refractivity (Wildman–Crippen MR) is 242 cm³/mol. The maximum Gasteiger partial charge on any atom is 0.164 e. The highest BCUT2D eigenvalue weighted by Crippen LogP contribution is 2.40. The van der Waals surface area contributed by atoms with E-state index in [0.717, 1.165) is 69.0 Å². The Bertz CT molecular complexity index is 2620. The maximum absolute atomic E-state index is 6.48. The Balaban J connectivity index is 1.22. The minimum atomic E-state index is 0.191. The Morgan fingerprint density at radius 3 is 2.09 bits per heavy atom. The van der Waals surface area contributed by atoms with Crippen molar-refractivity contribution in [2.45, 2.75) is 47.0 Å². The molecule has 1 aliphatic carbocycles. The summed E-state index contributed by atoms with van der Waals surface area (Å²) in [5, 5.41) is 2.00. The normalized spacial score (nSPS) is 17.1. The summed E-state index contributed by atoms with van der Waals surface area (Å²) in [7, 11) is 0. The molecule has 0 spiro atoms. The zero-order valence-electron chi connectivity index (χ0n) is 33.3. The van der Waals surface area contributed by atoms with Gasteiger partial charge >= 0.3 is 0 Å². The largest absolute Gasteiger partial charge is 0.456 e. The molecule has 6 aromatic rings. The second-order valence-corrected chi connectivity index (χ2v) is 14.6. The van der Waals surface area contributed by atoms with Crippen LogP contribution in [0.1, 0.15) is 58.1 Å². The van der Waals surface area contributed by atoms with Crippen molar-refractivity contribution < 1.29 is 4.42 Å². The van der Waals surface area contributed by atoms with Crippen LogP contribution in [-0.4, -0.2) is 15.0 Å². The lowest BCUT2D eigenvalue weighted by Gasteiger charge is -2.30. The number of hydrogen-bond acceptors (Lipinski definition) is 4. The first-order valence-electron chi connectivity index (χ1n) is 19.8. The van der Waals surface area contributed by atoms with Gasteiger partial charge in [0.25, 0.3) is 0 Å². The molecule has 0 radical (unpaired) electrons. The van der Waals surface area contributed by atoms with E-state index in [1.54, 1.807) is 0 Å². The van der Waals surface area contributed by atoms with Crippen molar-refractivity contribution in [2.24, 2.45) is 5.41 Å². The molecular weight excluding hydrogens is 695 g/mol. The molecule has 0 N–H and O–H groups in total. The van der Waals surface area contributed by atoms with Gasteiger partial charge in [0.1, 0.15) is 11.2 Å². The first-order chi connectivity index (χ1) is 28.0. The zero-order chi connectivity index (χ0) is 39.5. The van der Waals surface area contributed by atoms with Gasteiger partial charge in [0.2, 0.25) is 0 Å². The third kappa shape index (κ3) is 9.42. The fourth-order valence-electron chi connectivity index (χ4n) is 7.14. The smallest absolute Gasteiger partial charge is 0.164 e. The molecule has 1 aliphatic rings. The predicted octanol–water partition coefficient (Wildman–Crippen LogP) is 14.7. The van der Waals surface area contributed by atoms with Crippen LogP contribution in [0.5, 0.6) is 0 Å². The van der Waals surface area contributed by atoms with E-state index in [4.69, 9.17) is 19.4 Å². The average molecular weight is 744 g/mol. The van der Waals surface area contributed by atoms with Gasteiger partial charge in [0, 0.05) is 27.5 Å². The molecule has 2 aromatic heterocycles. The summed E-state index contributed by atoms with van der Waals surface area (Å²) in [6, 6.07) is 31.3. The topological polar surface area (TPSA) is 51.8 Å². The van der Waals surface area contributed by atoms with Crippen LogP contribution in [0.3, 0.4) is 0 Å². The zero-order valence-corrected chi connectivity index (χ0v) is 33.3. The summed E-state index contributed by atoms with van der Waals surface area (Å²) in [6.07, 6.45) is 36.9. The van der Waals surface area contributed by atoms with Crippen molar-refractivity contribution >= 4 is 33.6 Å². The number of fused-ring (bicyclic) bond motifs is 3. The minimum Gasteiger partial charge on any atom is -0.456 e. The van der Waals surface area contributed by atoms with E-state index in [2.05, 4.69) is 123 Å². The molecule has 4 nitrogen and oxygen atoms in total. The number of benzene rings is 4. The van der Waals surface area contributed by atoms with E-state index < -0.39 is 0 Å². The molecule has 0 amide bonds. The maximum atomic E-state index is 6.48. The van der Waals surface area contributed by atoms with Gasteiger partial charge in [0.05, 0.1) is 0 Å². The van der Waals surface area contributed by atoms with Gasteiger partial charge in [-0.1, -0.05) is 177 Å². The van der Waals surface area contributed by atoms with Gasteiger partial charge in [-0.05, 0) is 85.9 Å². The van der Waals surface area contributed by atoms with Gasteiger partial charge in [-0.25, -0.2) is 15.0 Å². The van der Waals surface area contributed by atoms with Crippen molar-refractivity contribution in [3.8, 4) is 34.2 Å². The Morgan fingerprint density at radius 2 is 1.35 bits per heavy atom. The first kappa shape index (κ1) is 38.6. The summed E-state index contributed by atoms with van der Waals surface area (Å²) in [6.45, 7) is 8.44. The molecule has 2 heterocycles. The molecule has 4 heteroatoms. The van der Waals surface area contributed by atoms with E-state index in [0.29, 0.717) is 17.5 Å². The molecule has 57 heavy (non-hydrogen) atoms.